The normalized spacial score (nSPS) is 10.3. The summed E-state index contributed by atoms with van der Waals surface area (Å²) in [4.78, 5) is 34.9. The summed E-state index contributed by atoms with van der Waals surface area (Å²) >= 11 is 2.22. The molecule has 3 rings (SSSR count). The lowest BCUT2D eigenvalue weighted by molar-refractivity contribution is -0.385. The molecule has 0 fully saturated rings. The second-order valence-corrected chi connectivity index (χ2v) is 7.85. The van der Waals surface area contributed by atoms with Crippen LogP contribution in [0.2, 0.25) is 0 Å². The van der Waals surface area contributed by atoms with Gasteiger partial charge < -0.3 is 4.74 Å². The van der Waals surface area contributed by atoms with Crippen molar-refractivity contribution in [2.75, 3.05) is 0 Å². The van der Waals surface area contributed by atoms with Crippen LogP contribution in [0.15, 0.2) is 66.7 Å². The number of hydrogen-bond donors (Lipinski definition) is 2. The number of benzene rings is 3. The number of amides is 2. The van der Waals surface area contributed by atoms with Gasteiger partial charge in [0.25, 0.3) is 17.5 Å². The molecule has 0 aliphatic carbocycles. The number of nitro benzene ring substituents is 1. The maximum Gasteiger partial charge on any atom is 0.273 e. The van der Waals surface area contributed by atoms with E-state index in [1.807, 2.05) is 24.3 Å². The van der Waals surface area contributed by atoms with Crippen molar-refractivity contribution in [1.29, 1.82) is 0 Å². The van der Waals surface area contributed by atoms with Gasteiger partial charge in [-0.25, -0.2) is 0 Å². The van der Waals surface area contributed by atoms with Gasteiger partial charge in [0.05, 0.1) is 4.92 Å². The first kappa shape index (κ1) is 22.2. The maximum atomic E-state index is 12.3. The highest BCUT2D eigenvalue weighted by molar-refractivity contribution is 14.1. The lowest BCUT2D eigenvalue weighted by atomic mass is 10.1. The van der Waals surface area contributed by atoms with Gasteiger partial charge in [-0.2, -0.15) is 0 Å². The third-order valence-electron chi connectivity index (χ3n) is 4.39. The monoisotopic (exact) mass is 531 g/mol. The molecule has 0 aromatic heterocycles. The average Bonchev–Trinajstić information content (AvgIpc) is 2.77. The van der Waals surface area contributed by atoms with Crippen LogP contribution in [0.25, 0.3) is 0 Å². The van der Waals surface area contributed by atoms with Crippen LogP contribution in [0.3, 0.4) is 0 Å². The Labute approximate surface area is 191 Å². The summed E-state index contributed by atoms with van der Waals surface area (Å²) in [6, 6.07) is 18.5. The third kappa shape index (κ3) is 6.01. The van der Waals surface area contributed by atoms with Crippen molar-refractivity contribution in [2.24, 2.45) is 0 Å². The quantitative estimate of drug-likeness (QED) is 0.282. The minimum Gasteiger partial charge on any atom is -0.489 e. The van der Waals surface area contributed by atoms with Gasteiger partial charge in [0, 0.05) is 26.3 Å². The average molecular weight is 531 g/mol. The fourth-order valence-electron chi connectivity index (χ4n) is 2.66. The van der Waals surface area contributed by atoms with E-state index in [0.717, 1.165) is 14.9 Å². The van der Waals surface area contributed by atoms with Crippen LogP contribution >= 0.6 is 22.6 Å². The molecule has 8 nitrogen and oxygen atoms in total. The number of hydrogen-bond acceptors (Lipinski definition) is 5. The van der Waals surface area contributed by atoms with Crippen LogP contribution in [0.4, 0.5) is 5.69 Å². The second-order valence-electron chi connectivity index (χ2n) is 6.61. The van der Waals surface area contributed by atoms with Crippen molar-refractivity contribution in [1.82, 2.24) is 10.9 Å². The molecule has 0 aliphatic heterocycles. The van der Waals surface area contributed by atoms with E-state index in [2.05, 4.69) is 33.4 Å². The van der Waals surface area contributed by atoms with Crippen molar-refractivity contribution in [3.8, 4) is 5.75 Å². The first-order valence-corrected chi connectivity index (χ1v) is 10.2. The summed E-state index contributed by atoms with van der Waals surface area (Å²) in [5.41, 5.74) is 6.13. The Morgan fingerprint density at radius 3 is 2.13 bits per heavy atom. The van der Waals surface area contributed by atoms with E-state index in [9.17, 15) is 19.7 Å². The molecular weight excluding hydrogens is 513 g/mol. The second kappa shape index (κ2) is 10.0. The molecule has 0 radical (unpaired) electrons. The Morgan fingerprint density at radius 2 is 1.52 bits per heavy atom. The van der Waals surface area contributed by atoms with Crippen molar-refractivity contribution in [2.45, 2.75) is 13.5 Å². The minimum absolute atomic E-state index is 0.0701. The molecule has 0 atom stereocenters. The van der Waals surface area contributed by atoms with E-state index >= 15 is 0 Å². The van der Waals surface area contributed by atoms with Gasteiger partial charge in [0.2, 0.25) is 0 Å². The SMILES string of the molecule is Cc1ccc(C(=O)NNC(=O)c2ccc(COc3ccc(I)cc3)cc2)cc1[N+](=O)[O-]. The van der Waals surface area contributed by atoms with Crippen LogP contribution < -0.4 is 15.6 Å². The van der Waals surface area contributed by atoms with Gasteiger partial charge in [0.15, 0.2) is 0 Å². The van der Waals surface area contributed by atoms with Crippen molar-refractivity contribution < 1.29 is 19.2 Å². The molecule has 31 heavy (non-hydrogen) atoms. The molecular formula is C22H18IN3O5. The minimum atomic E-state index is -0.654. The van der Waals surface area contributed by atoms with Crippen LogP contribution in [0, 0.1) is 20.6 Å². The molecule has 0 unspecified atom stereocenters. The lowest BCUT2D eigenvalue weighted by Crippen LogP contribution is -2.41. The first-order valence-electron chi connectivity index (χ1n) is 9.16. The van der Waals surface area contributed by atoms with Crippen molar-refractivity contribution in [3.63, 3.8) is 0 Å². The van der Waals surface area contributed by atoms with E-state index in [4.69, 9.17) is 4.74 Å². The van der Waals surface area contributed by atoms with E-state index in [0.29, 0.717) is 17.7 Å². The molecule has 3 aromatic carbocycles. The zero-order valence-electron chi connectivity index (χ0n) is 16.4. The number of carbonyl (C=O) groups excluding carboxylic acids is 2. The van der Waals surface area contributed by atoms with Crippen LogP contribution in [0.5, 0.6) is 5.75 Å². The highest BCUT2D eigenvalue weighted by Crippen LogP contribution is 2.19. The van der Waals surface area contributed by atoms with E-state index in [1.165, 1.54) is 18.2 Å². The Balaban J connectivity index is 1.54. The number of ether oxygens (including phenoxy) is 1. The number of nitro groups is 1. The largest absolute Gasteiger partial charge is 0.489 e. The Kier molecular flexibility index (Phi) is 7.19. The van der Waals surface area contributed by atoms with Gasteiger partial charge in [-0.05, 0) is 77.5 Å². The van der Waals surface area contributed by atoms with Crippen LogP contribution in [-0.2, 0) is 6.61 Å². The molecule has 0 bridgehead atoms. The fourth-order valence-corrected chi connectivity index (χ4v) is 3.01. The molecule has 0 saturated heterocycles. The lowest BCUT2D eigenvalue weighted by Gasteiger charge is -2.09. The predicted molar refractivity (Wildman–Crippen MR) is 123 cm³/mol. The van der Waals surface area contributed by atoms with Gasteiger partial charge in [-0.3, -0.25) is 30.6 Å². The number of aryl methyl sites for hydroxylation is 1. The number of hydrazine groups is 1. The summed E-state index contributed by atoms with van der Waals surface area (Å²) in [6.07, 6.45) is 0. The molecule has 9 heteroatoms. The summed E-state index contributed by atoms with van der Waals surface area (Å²) in [5.74, 6) is -0.416. The van der Waals surface area contributed by atoms with Crippen LogP contribution in [0.1, 0.15) is 31.8 Å². The molecule has 2 amide bonds. The molecule has 158 valence electrons. The number of nitrogens with zero attached hydrogens (tertiary/aromatic N) is 1. The highest BCUT2D eigenvalue weighted by Gasteiger charge is 2.15. The number of nitrogens with one attached hydrogen (secondary N) is 2. The van der Waals surface area contributed by atoms with Gasteiger partial charge in [0.1, 0.15) is 12.4 Å². The summed E-state index contributed by atoms with van der Waals surface area (Å²) in [5, 5.41) is 11.0. The molecule has 2 N–H and O–H groups in total. The maximum absolute atomic E-state index is 12.3. The van der Waals surface area contributed by atoms with Crippen molar-refractivity contribution in [3.05, 3.63) is 103 Å². The van der Waals surface area contributed by atoms with E-state index in [1.54, 1.807) is 31.2 Å². The van der Waals surface area contributed by atoms with Crippen LogP contribution in [-0.4, -0.2) is 16.7 Å². The number of halogens is 1. The van der Waals surface area contributed by atoms with Crippen molar-refractivity contribution >= 4 is 40.1 Å². The standard InChI is InChI=1S/C22H18IN3O5/c1-14-2-5-17(12-20(14)26(29)30)22(28)25-24-21(27)16-6-3-15(4-7-16)13-31-19-10-8-18(23)9-11-19/h2-12H,13H2,1H3,(H,24,27)(H,25,28). The molecule has 0 saturated carbocycles. The van der Waals surface area contributed by atoms with Gasteiger partial charge in [-0.15, -0.1) is 0 Å². The Hall–Kier alpha value is -3.47. The predicted octanol–water partition coefficient (Wildman–Crippen LogP) is 4.16. The molecule has 0 spiro atoms. The topological polar surface area (TPSA) is 111 Å². The fraction of sp³-hybridized carbons (Fsp3) is 0.0909. The smallest absolute Gasteiger partial charge is 0.273 e. The Morgan fingerprint density at radius 1 is 0.935 bits per heavy atom. The highest BCUT2D eigenvalue weighted by atomic mass is 127. The molecule has 0 heterocycles. The Bertz CT molecular complexity index is 1110. The summed E-state index contributed by atoms with van der Waals surface area (Å²) in [7, 11) is 0. The zero-order chi connectivity index (χ0) is 22.4. The summed E-state index contributed by atoms with van der Waals surface area (Å²) in [6.45, 7) is 1.93. The van der Waals surface area contributed by atoms with Gasteiger partial charge in [-0.1, -0.05) is 18.2 Å². The van der Waals surface area contributed by atoms with E-state index < -0.39 is 16.7 Å². The van der Waals surface area contributed by atoms with Gasteiger partial charge >= 0.3 is 0 Å². The number of rotatable bonds is 6. The zero-order valence-corrected chi connectivity index (χ0v) is 18.6. The third-order valence-corrected chi connectivity index (χ3v) is 5.11. The molecule has 0 aliphatic rings. The summed E-state index contributed by atoms with van der Waals surface area (Å²) < 4.78 is 6.82. The number of carbonyl (C=O) groups is 2. The van der Waals surface area contributed by atoms with E-state index in [-0.39, 0.29) is 11.3 Å². The molecule has 3 aromatic rings. The first-order chi connectivity index (χ1) is 14.8.